The topological polar surface area (TPSA) is 47.7 Å². The van der Waals surface area contributed by atoms with Crippen LogP contribution in [0.5, 0.6) is 11.5 Å². The Bertz CT molecular complexity index is 1150. The molecule has 2 aromatic heterocycles. The van der Waals surface area contributed by atoms with Crippen molar-refractivity contribution in [2.75, 3.05) is 20.8 Å². The van der Waals surface area contributed by atoms with Crippen LogP contribution in [0.2, 0.25) is 0 Å². The molecule has 0 saturated heterocycles. The molecular weight excluding hydrogens is 408 g/mol. The predicted octanol–water partition coefficient (Wildman–Crippen LogP) is 5.57. The molecule has 0 aliphatic carbocycles. The Hall–Kier alpha value is -3.09. The molecule has 1 atom stereocenters. The van der Waals surface area contributed by atoms with Gasteiger partial charge in [-0.05, 0) is 41.1 Å². The largest absolute Gasteiger partial charge is 0.493 e. The molecule has 0 saturated carbocycles. The van der Waals surface area contributed by atoms with E-state index < -0.39 is 0 Å². The highest BCUT2D eigenvalue weighted by atomic mass is 32.1. The highest BCUT2D eigenvalue weighted by Crippen LogP contribution is 2.42. The smallest absolute Gasteiger partial charge is 0.167 e. The van der Waals surface area contributed by atoms with Gasteiger partial charge in [0.1, 0.15) is 0 Å². The van der Waals surface area contributed by atoms with Crippen molar-refractivity contribution in [1.82, 2.24) is 10.1 Å². The number of aromatic nitrogens is 1. The molecule has 5 rings (SSSR count). The Labute approximate surface area is 185 Å². The maximum atomic E-state index is 5.64. The molecule has 3 heterocycles. The van der Waals surface area contributed by atoms with Crippen LogP contribution in [0.1, 0.15) is 27.7 Å². The number of benzene rings is 2. The van der Waals surface area contributed by atoms with E-state index in [1.807, 2.05) is 36.4 Å². The van der Waals surface area contributed by atoms with Crippen LogP contribution in [-0.4, -0.2) is 30.8 Å². The Morgan fingerprint density at radius 2 is 1.84 bits per heavy atom. The summed E-state index contributed by atoms with van der Waals surface area (Å²) in [6.07, 6.45) is 0.945. The van der Waals surface area contributed by atoms with Crippen molar-refractivity contribution < 1.29 is 14.0 Å². The number of nitrogens with zero attached hydrogens (tertiary/aromatic N) is 2. The lowest BCUT2D eigenvalue weighted by Gasteiger charge is -2.37. The van der Waals surface area contributed by atoms with E-state index in [0.29, 0.717) is 6.54 Å². The van der Waals surface area contributed by atoms with E-state index in [0.717, 1.165) is 41.5 Å². The Kier molecular flexibility index (Phi) is 5.49. The lowest BCUT2D eigenvalue weighted by atomic mass is 9.90. The first-order valence-electron chi connectivity index (χ1n) is 10.3. The van der Waals surface area contributed by atoms with E-state index in [1.54, 1.807) is 25.6 Å². The van der Waals surface area contributed by atoms with Crippen molar-refractivity contribution in [2.45, 2.75) is 19.0 Å². The summed E-state index contributed by atoms with van der Waals surface area (Å²) in [6, 6.07) is 20.8. The summed E-state index contributed by atoms with van der Waals surface area (Å²) in [5, 5.41) is 6.49. The second-order valence-electron chi connectivity index (χ2n) is 7.59. The standard InChI is InChI=1S/C25H24N2O3S/c1-28-22-13-18-10-11-27(16-19-14-21(30-26-19)17-7-4-3-5-8-17)25(24-9-6-12-31-24)20(18)15-23(22)29-2/h3-9,12-15,25H,10-11,16H2,1-2H3/t25-/m0/s1. The number of rotatable bonds is 6. The average Bonchev–Trinajstić information content (AvgIpc) is 3.51. The SMILES string of the molecule is COc1cc2c(cc1OC)[C@@H](c1cccs1)N(Cc1cc(-c3ccccc3)on1)CC2. The highest BCUT2D eigenvalue weighted by molar-refractivity contribution is 7.10. The summed E-state index contributed by atoms with van der Waals surface area (Å²) in [4.78, 5) is 3.77. The summed E-state index contributed by atoms with van der Waals surface area (Å²) < 4.78 is 16.8. The normalized spacial score (nSPS) is 16.1. The van der Waals surface area contributed by atoms with Gasteiger partial charge in [0.15, 0.2) is 17.3 Å². The molecule has 2 aromatic carbocycles. The third kappa shape index (κ3) is 3.84. The van der Waals surface area contributed by atoms with E-state index >= 15 is 0 Å². The Balaban J connectivity index is 1.49. The van der Waals surface area contributed by atoms with Crippen LogP contribution in [0.25, 0.3) is 11.3 Å². The Morgan fingerprint density at radius 3 is 2.58 bits per heavy atom. The fourth-order valence-corrected chi connectivity index (χ4v) is 5.16. The van der Waals surface area contributed by atoms with Crippen molar-refractivity contribution in [3.63, 3.8) is 0 Å². The minimum absolute atomic E-state index is 0.139. The van der Waals surface area contributed by atoms with Gasteiger partial charge in [0.05, 0.1) is 26.0 Å². The molecule has 0 N–H and O–H groups in total. The monoisotopic (exact) mass is 432 g/mol. The maximum absolute atomic E-state index is 5.64. The summed E-state index contributed by atoms with van der Waals surface area (Å²) >= 11 is 1.78. The van der Waals surface area contributed by atoms with Crippen LogP contribution in [-0.2, 0) is 13.0 Å². The van der Waals surface area contributed by atoms with Gasteiger partial charge in [-0.2, -0.15) is 0 Å². The van der Waals surface area contributed by atoms with E-state index in [4.69, 9.17) is 14.0 Å². The summed E-state index contributed by atoms with van der Waals surface area (Å²) in [5.41, 5.74) is 4.54. The molecule has 0 radical (unpaired) electrons. The van der Waals surface area contributed by atoms with Crippen LogP contribution in [0.3, 0.4) is 0 Å². The van der Waals surface area contributed by atoms with E-state index in [-0.39, 0.29) is 6.04 Å². The Morgan fingerprint density at radius 1 is 1.03 bits per heavy atom. The maximum Gasteiger partial charge on any atom is 0.167 e. The molecule has 5 nitrogen and oxygen atoms in total. The number of hydrogen-bond donors (Lipinski definition) is 0. The van der Waals surface area contributed by atoms with Gasteiger partial charge in [0.2, 0.25) is 0 Å². The van der Waals surface area contributed by atoms with Gasteiger partial charge in [-0.1, -0.05) is 41.6 Å². The lowest BCUT2D eigenvalue weighted by molar-refractivity contribution is 0.200. The number of hydrogen-bond acceptors (Lipinski definition) is 6. The van der Waals surface area contributed by atoms with Gasteiger partial charge in [-0.25, -0.2) is 0 Å². The molecule has 0 unspecified atom stereocenters. The summed E-state index contributed by atoms with van der Waals surface area (Å²) in [5.74, 6) is 2.34. The molecule has 158 valence electrons. The van der Waals surface area contributed by atoms with Gasteiger partial charge >= 0.3 is 0 Å². The van der Waals surface area contributed by atoms with E-state index in [9.17, 15) is 0 Å². The second kappa shape index (κ2) is 8.57. The molecule has 6 heteroatoms. The molecule has 1 aliphatic rings. The minimum Gasteiger partial charge on any atom is -0.493 e. The van der Waals surface area contributed by atoms with Gasteiger partial charge in [-0.3, -0.25) is 4.90 Å². The third-order valence-electron chi connectivity index (χ3n) is 5.77. The number of fused-ring (bicyclic) bond motifs is 1. The molecular formula is C25H24N2O3S. The number of methoxy groups -OCH3 is 2. The predicted molar refractivity (Wildman–Crippen MR) is 122 cm³/mol. The number of ether oxygens (including phenoxy) is 2. The zero-order valence-corrected chi connectivity index (χ0v) is 18.4. The van der Waals surface area contributed by atoms with Gasteiger partial charge in [0.25, 0.3) is 0 Å². The van der Waals surface area contributed by atoms with Gasteiger partial charge in [0, 0.05) is 29.6 Å². The first kappa shape index (κ1) is 19.8. The first-order chi connectivity index (χ1) is 15.3. The molecule has 31 heavy (non-hydrogen) atoms. The van der Waals surface area contributed by atoms with E-state index in [1.165, 1.54) is 16.0 Å². The van der Waals surface area contributed by atoms with Crippen LogP contribution in [0.4, 0.5) is 0 Å². The molecule has 0 amide bonds. The van der Waals surface area contributed by atoms with E-state index in [2.05, 4.69) is 39.7 Å². The minimum atomic E-state index is 0.139. The first-order valence-corrected chi connectivity index (χ1v) is 11.2. The molecule has 1 aliphatic heterocycles. The van der Waals surface area contributed by atoms with Crippen LogP contribution in [0, 0.1) is 0 Å². The molecule has 0 bridgehead atoms. The van der Waals surface area contributed by atoms with Crippen molar-refractivity contribution >= 4 is 11.3 Å². The van der Waals surface area contributed by atoms with Gasteiger partial charge < -0.3 is 14.0 Å². The van der Waals surface area contributed by atoms with Crippen LogP contribution < -0.4 is 9.47 Å². The summed E-state index contributed by atoms with van der Waals surface area (Å²) in [7, 11) is 3.37. The van der Waals surface area contributed by atoms with Crippen molar-refractivity contribution in [2.24, 2.45) is 0 Å². The van der Waals surface area contributed by atoms with Crippen molar-refractivity contribution in [3.8, 4) is 22.8 Å². The second-order valence-corrected chi connectivity index (χ2v) is 8.57. The van der Waals surface area contributed by atoms with Crippen molar-refractivity contribution in [1.29, 1.82) is 0 Å². The van der Waals surface area contributed by atoms with Crippen LogP contribution in [0.15, 0.2) is 70.6 Å². The zero-order chi connectivity index (χ0) is 21.2. The van der Waals surface area contributed by atoms with Crippen molar-refractivity contribution in [3.05, 3.63) is 87.7 Å². The van der Waals surface area contributed by atoms with Gasteiger partial charge in [-0.15, -0.1) is 11.3 Å². The molecule has 0 fully saturated rings. The lowest BCUT2D eigenvalue weighted by Crippen LogP contribution is -2.35. The summed E-state index contributed by atoms with van der Waals surface area (Å²) in [6.45, 7) is 1.64. The number of thiophene rings is 1. The quantitative estimate of drug-likeness (QED) is 0.399. The molecule has 4 aromatic rings. The zero-order valence-electron chi connectivity index (χ0n) is 17.6. The average molecular weight is 433 g/mol. The third-order valence-corrected chi connectivity index (χ3v) is 6.69. The highest BCUT2D eigenvalue weighted by Gasteiger charge is 2.31. The fraction of sp³-hybridized carbons (Fsp3) is 0.240. The van der Waals surface area contributed by atoms with Crippen LogP contribution >= 0.6 is 11.3 Å². The molecule has 0 spiro atoms. The fourth-order valence-electron chi connectivity index (χ4n) is 4.28.